The number of amides is 1. The van der Waals surface area contributed by atoms with Gasteiger partial charge in [-0.1, -0.05) is 41.4 Å². The maximum Gasteiger partial charge on any atom is 0.253 e. The van der Waals surface area contributed by atoms with E-state index >= 15 is 0 Å². The summed E-state index contributed by atoms with van der Waals surface area (Å²) in [5, 5.41) is 5.01. The summed E-state index contributed by atoms with van der Waals surface area (Å²) in [5.74, 6) is 0.733. The number of hydrogen-bond acceptors (Lipinski definition) is 2. The number of carbonyl (C=O) groups is 1. The molecule has 0 fully saturated rings. The summed E-state index contributed by atoms with van der Waals surface area (Å²) in [7, 11) is 0. The molecule has 0 unspecified atom stereocenters. The van der Waals surface area contributed by atoms with Crippen molar-refractivity contribution < 1.29 is 4.79 Å². The van der Waals surface area contributed by atoms with Crippen molar-refractivity contribution in [1.29, 1.82) is 0 Å². The predicted molar refractivity (Wildman–Crippen MR) is 117 cm³/mol. The third kappa shape index (κ3) is 3.31. The smallest absolute Gasteiger partial charge is 0.253 e. The summed E-state index contributed by atoms with van der Waals surface area (Å²) in [4.78, 5) is 14.7. The molecule has 146 valence electrons. The van der Waals surface area contributed by atoms with Crippen molar-refractivity contribution >= 4 is 34.8 Å². The monoisotopic (exact) mass is 414 g/mol. The van der Waals surface area contributed by atoms with E-state index in [1.807, 2.05) is 43.0 Å². The van der Waals surface area contributed by atoms with Crippen LogP contribution in [0.5, 0.6) is 0 Å². The Morgan fingerprint density at radius 1 is 1.11 bits per heavy atom. The van der Waals surface area contributed by atoms with Crippen molar-refractivity contribution in [3.8, 4) is 0 Å². The first-order valence-corrected chi connectivity index (χ1v) is 10.6. The highest BCUT2D eigenvalue weighted by atomic mass is 35.5. The Bertz CT molecular complexity index is 936. The first-order valence-electron chi connectivity index (χ1n) is 9.84. The number of benzene rings is 2. The number of hydrogen-bond donors (Lipinski definition) is 1. The molecule has 0 spiro atoms. The van der Waals surface area contributed by atoms with Gasteiger partial charge in [-0.25, -0.2) is 0 Å². The van der Waals surface area contributed by atoms with Crippen LogP contribution in [0.15, 0.2) is 48.6 Å². The fourth-order valence-electron chi connectivity index (χ4n) is 4.48. The summed E-state index contributed by atoms with van der Waals surface area (Å²) in [5.41, 5.74) is 4.09. The lowest BCUT2D eigenvalue weighted by Gasteiger charge is -2.38. The van der Waals surface area contributed by atoms with Gasteiger partial charge in [-0.05, 0) is 67.6 Å². The van der Waals surface area contributed by atoms with E-state index in [4.69, 9.17) is 23.2 Å². The van der Waals surface area contributed by atoms with E-state index in [9.17, 15) is 4.79 Å². The predicted octanol–water partition coefficient (Wildman–Crippen LogP) is 6.30. The van der Waals surface area contributed by atoms with Crippen molar-refractivity contribution in [3.63, 3.8) is 0 Å². The molecule has 0 aromatic heterocycles. The quantitative estimate of drug-likeness (QED) is 0.594. The molecule has 2 aromatic carbocycles. The molecule has 3 atom stereocenters. The lowest BCUT2D eigenvalue weighted by atomic mass is 9.76. The van der Waals surface area contributed by atoms with Gasteiger partial charge in [-0.2, -0.15) is 0 Å². The normalized spacial score (nSPS) is 22.4. The van der Waals surface area contributed by atoms with Crippen molar-refractivity contribution in [2.24, 2.45) is 5.92 Å². The van der Waals surface area contributed by atoms with Crippen LogP contribution in [0.1, 0.15) is 53.7 Å². The Labute approximate surface area is 176 Å². The van der Waals surface area contributed by atoms with Crippen LogP contribution in [0.2, 0.25) is 10.0 Å². The number of allylic oxidation sites excluding steroid dienone is 2. The zero-order valence-electron chi connectivity index (χ0n) is 16.1. The van der Waals surface area contributed by atoms with Crippen LogP contribution in [0.3, 0.4) is 0 Å². The minimum absolute atomic E-state index is 0.0918. The number of halogens is 2. The average molecular weight is 415 g/mol. The van der Waals surface area contributed by atoms with Crippen molar-refractivity contribution in [1.82, 2.24) is 4.90 Å². The molecule has 1 N–H and O–H groups in total. The topological polar surface area (TPSA) is 32.3 Å². The van der Waals surface area contributed by atoms with Gasteiger partial charge in [0.15, 0.2) is 0 Å². The molecule has 0 bridgehead atoms. The van der Waals surface area contributed by atoms with Gasteiger partial charge in [0.25, 0.3) is 5.91 Å². The SMILES string of the molecule is CCN(CC)C(=O)c1ccc2c(c1)[C@H]1C=CC[C@H]1[C@@H](c1ccc(Cl)cc1Cl)N2. The van der Waals surface area contributed by atoms with Gasteiger partial charge in [0.2, 0.25) is 0 Å². The minimum atomic E-state index is 0.0918. The largest absolute Gasteiger partial charge is 0.378 e. The van der Waals surface area contributed by atoms with E-state index in [2.05, 4.69) is 23.5 Å². The molecule has 1 aliphatic heterocycles. The Morgan fingerprint density at radius 3 is 2.61 bits per heavy atom. The summed E-state index contributed by atoms with van der Waals surface area (Å²) in [6.45, 7) is 5.46. The molecule has 3 nitrogen and oxygen atoms in total. The lowest BCUT2D eigenvalue weighted by molar-refractivity contribution is 0.0773. The molecule has 0 saturated heterocycles. The average Bonchev–Trinajstić information content (AvgIpc) is 3.18. The summed E-state index contributed by atoms with van der Waals surface area (Å²) < 4.78 is 0. The highest BCUT2D eigenvalue weighted by Gasteiger charge is 2.39. The van der Waals surface area contributed by atoms with Crippen LogP contribution in [-0.4, -0.2) is 23.9 Å². The van der Waals surface area contributed by atoms with E-state index in [1.165, 1.54) is 5.56 Å². The number of nitrogens with zero attached hydrogens (tertiary/aromatic N) is 1. The van der Waals surface area contributed by atoms with Crippen LogP contribution < -0.4 is 5.32 Å². The van der Waals surface area contributed by atoms with Crippen molar-refractivity contribution in [2.45, 2.75) is 32.2 Å². The molecular formula is C23H24Cl2N2O. The standard InChI is InChI=1S/C23H24Cl2N2O/c1-3-27(4-2)23(28)14-8-11-21-19(12-14)16-6-5-7-17(16)22(26-21)18-10-9-15(24)13-20(18)25/h5-6,8-13,16-17,22,26H,3-4,7H2,1-2H3/t16-,17+,22-/m0/s1. The molecule has 5 heteroatoms. The number of anilines is 1. The van der Waals surface area contributed by atoms with E-state index in [1.54, 1.807) is 6.07 Å². The maximum absolute atomic E-state index is 12.8. The van der Waals surface area contributed by atoms with Crippen LogP contribution in [0, 0.1) is 5.92 Å². The molecule has 28 heavy (non-hydrogen) atoms. The highest BCUT2D eigenvalue weighted by Crippen LogP contribution is 2.51. The fourth-order valence-corrected chi connectivity index (χ4v) is 5.01. The second-order valence-electron chi connectivity index (χ2n) is 7.42. The molecule has 0 saturated carbocycles. The molecule has 1 amide bonds. The van der Waals surface area contributed by atoms with Crippen molar-refractivity contribution in [3.05, 3.63) is 75.3 Å². The first-order chi connectivity index (χ1) is 13.5. The van der Waals surface area contributed by atoms with Gasteiger partial charge in [0.05, 0.1) is 6.04 Å². The molecule has 0 radical (unpaired) electrons. The van der Waals surface area contributed by atoms with Crippen LogP contribution in [0.4, 0.5) is 5.69 Å². The van der Waals surface area contributed by atoms with Gasteiger partial charge >= 0.3 is 0 Å². The highest BCUT2D eigenvalue weighted by molar-refractivity contribution is 6.35. The van der Waals surface area contributed by atoms with Gasteiger partial charge in [0, 0.05) is 40.3 Å². The lowest BCUT2D eigenvalue weighted by Crippen LogP contribution is -2.32. The number of carbonyl (C=O) groups excluding carboxylic acids is 1. The van der Waals surface area contributed by atoms with Crippen LogP contribution in [-0.2, 0) is 0 Å². The molecular weight excluding hydrogens is 391 g/mol. The first kappa shape index (κ1) is 19.4. The molecule has 2 aromatic rings. The van der Waals surface area contributed by atoms with E-state index in [0.29, 0.717) is 29.1 Å². The second-order valence-corrected chi connectivity index (χ2v) is 8.26. The van der Waals surface area contributed by atoms with E-state index in [0.717, 1.165) is 23.2 Å². The number of fused-ring (bicyclic) bond motifs is 3. The number of nitrogens with one attached hydrogen (secondary N) is 1. The Balaban J connectivity index is 1.72. The van der Waals surface area contributed by atoms with Crippen LogP contribution >= 0.6 is 23.2 Å². The van der Waals surface area contributed by atoms with Crippen molar-refractivity contribution in [2.75, 3.05) is 18.4 Å². The van der Waals surface area contributed by atoms with E-state index < -0.39 is 0 Å². The molecule has 1 heterocycles. The van der Waals surface area contributed by atoms with Gasteiger partial charge in [-0.3, -0.25) is 4.79 Å². The van der Waals surface area contributed by atoms with Gasteiger partial charge in [0.1, 0.15) is 0 Å². The fraction of sp³-hybridized carbons (Fsp3) is 0.348. The van der Waals surface area contributed by atoms with E-state index in [-0.39, 0.29) is 17.9 Å². The molecule has 4 rings (SSSR count). The summed E-state index contributed by atoms with van der Waals surface area (Å²) in [6, 6.07) is 11.8. The van der Waals surface area contributed by atoms with Gasteiger partial charge in [-0.15, -0.1) is 0 Å². The zero-order chi connectivity index (χ0) is 19.8. The summed E-state index contributed by atoms with van der Waals surface area (Å²) in [6.07, 6.45) is 5.49. The third-order valence-electron chi connectivity index (χ3n) is 5.96. The van der Waals surface area contributed by atoms with Gasteiger partial charge < -0.3 is 10.2 Å². The maximum atomic E-state index is 12.8. The summed E-state index contributed by atoms with van der Waals surface area (Å²) >= 11 is 12.6. The molecule has 1 aliphatic carbocycles. The second kappa shape index (κ2) is 7.81. The third-order valence-corrected chi connectivity index (χ3v) is 6.52. The Kier molecular flexibility index (Phi) is 5.39. The minimum Gasteiger partial charge on any atom is -0.378 e. The van der Waals surface area contributed by atoms with Crippen LogP contribution in [0.25, 0.3) is 0 Å². The number of rotatable bonds is 4. The zero-order valence-corrected chi connectivity index (χ0v) is 17.6. The Morgan fingerprint density at radius 2 is 1.89 bits per heavy atom. The molecule has 2 aliphatic rings. The Hall–Kier alpha value is -1.97.